The zero-order valence-electron chi connectivity index (χ0n) is 11.2. The van der Waals surface area contributed by atoms with Gasteiger partial charge < -0.3 is 9.73 Å². The fourth-order valence-corrected chi connectivity index (χ4v) is 2.15. The molecule has 1 aromatic heterocycles. The van der Waals surface area contributed by atoms with E-state index in [9.17, 15) is 4.39 Å². The average Bonchev–Trinajstić information content (AvgIpc) is 2.58. The van der Waals surface area contributed by atoms with Crippen LogP contribution in [0.1, 0.15) is 34.3 Å². The van der Waals surface area contributed by atoms with E-state index in [1.165, 1.54) is 6.07 Å². The van der Waals surface area contributed by atoms with Gasteiger partial charge >= 0.3 is 0 Å². The highest BCUT2D eigenvalue weighted by molar-refractivity contribution is 5.33. The van der Waals surface area contributed by atoms with Crippen LogP contribution >= 0.6 is 0 Å². The molecule has 0 aliphatic rings. The Morgan fingerprint density at radius 2 is 1.83 bits per heavy atom. The summed E-state index contributed by atoms with van der Waals surface area (Å²) in [5, 5.41) is 3.17. The van der Waals surface area contributed by atoms with Crippen molar-refractivity contribution in [2.45, 2.75) is 26.8 Å². The van der Waals surface area contributed by atoms with E-state index in [0.717, 1.165) is 28.2 Å². The van der Waals surface area contributed by atoms with Gasteiger partial charge in [0.15, 0.2) is 0 Å². The quantitative estimate of drug-likeness (QED) is 0.895. The molecule has 0 amide bonds. The molecule has 0 spiro atoms. The maximum Gasteiger partial charge on any atom is 0.125 e. The first kappa shape index (κ1) is 12.8. The number of hydrogen-bond acceptors (Lipinski definition) is 2. The third-order valence-corrected chi connectivity index (χ3v) is 3.16. The molecule has 1 atom stereocenters. The second-order valence-corrected chi connectivity index (χ2v) is 4.67. The van der Waals surface area contributed by atoms with Crippen LogP contribution in [-0.2, 0) is 0 Å². The Kier molecular flexibility index (Phi) is 3.53. The maximum atomic E-state index is 13.5. The molecule has 18 heavy (non-hydrogen) atoms. The van der Waals surface area contributed by atoms with Gasteiger partial charge in [-0.25, -0.2) is 4.39 Å². The summed E-state index contributed by atoms with van der Waals surface area (Å²) in [5.74, 6) is 1.50. The SMILES string of the molecule is CNC(c1cc(C)cc(F)c1)c1cc(C)c(C)o1. The molecule has 1 aromatic carbocycles. The van der Waals surface area contributed by atoms with E-state index in [1.54, 1.807) is 6.07 Å². The molecular formula is C15H18FNO. The molecule has 3 heteroatoms. The van der Waals surface area contributed by atoms with Crippen LogP contribution in [0, 0.1) is 26.6 Å². The molecule has 0 bridgehead atoms. The summed E-state index contributed by atoms with van der Waals surface area (Å²) in [6, 6.07) is 6.91. The third kappa shape index (κ3) is 2.46. The van der Waals surface area contributed by atoms with Crippen LogP contribution < -0.4 is 5.32 Å². The highest BCUT2D eigenvalue weighted by atomic mass is 19.1. The van der Waals surface area contributed by atoms with E-state index in [1.807, 2.05) is 40.0 Å². The highest BCUT2D eigenvalue weighted by Gasteiger charge is 2.17. The molecule has 0 saturated heterocycles. The van der Waals surface area contributed by atoms with E-state index in [-0.39, 0.29) is 11.9 Å². The van der Waals surface area contributed by atoms with E-state index in [2.05, 4.69) is 5.32 Å². The second-order valence-electron chi connectivity index (χ2n) is 4.67. The Hall–Kier alpha value is -1.61. The minimum atomic E-state index is -0.217. The van der Waals surface area contributed by atoms with E-state index < -0.39 is 0 Å². The number of furan rings is 1. The van der Waals surface area contributed by atoms with Gasteiger partial charge in [0.1, 0.15) is 17.3 Å². The summed E-state index contributed by atoms with van der Waals surface area (Å²) in [6.45, 7) is 5.83. The lowest BCUT2D eigenvalue weighted by Crippen LogP contribution is -2.17. The molecule has 1 unspecified atom stereocenters. The fourth-order valence-electron chi connectivity index (χ4n) is 2.15. The number of nitrogens with one attached hydrogen (secondary N) is 1. The van der Waals surface area contributed by atoms with Gasteiger partial charge in [0.25, 0.3) is 0 Å². The van der Waals surface area contributed by atoms with E-state index >= 15 is 0 Å². The van der Waals surface area contributed by atoms with Gasteiger partial charge in [-0.3, -0.25) is 0 Å². The van der Waals surface area contributed by atoms with Gasteiger partial charge in [-0.2, -0.15) is 0 Å². The van der Waals surface area contributed by atoms with Crippen LogP contribution in [0.15, 0.2) is 28.7 Å². The number of rotatable bonds is 3. The molecule has 2 rings (SSSR count). The first-order valence-corrected chi connectivity index (χ1v) is 6.02. The van der Waals surface area contributed by atoms with Crippen molar-refractivity contribution < 1.29 is 8.81 Å². The monoisotopic (exact) mass is 247 g/mol. The van der Waals surface area contributed by atoms with Crippen molar-refractivity contribution in [3.8, 4) is 0 Å². The molecule has 0 aliphatic heterocycles. The Morgan fingerprint density at radius 3 is 2.33 bits per heavy atom. The lowest BCUT2D eigenvalue weighted by atomic mass is 10.0. The standard InChI is InChI=1S/C15H18FNO/c1-9-5-12(8-13(16)6-9)15(17-4)14-7-10(2)11(3)18-14/h5-8,15,17H,1-4H3. The van der Waals surface area contributed by atoms with Crippen molar-refractivity contribution in [3.63, 3.8) is 0 Å². The van der Waals surface area contributed by atoms with Crippen LogP contribution in [0.2, 0.25) is 0 Å². The Labute approximate surface area is 107 Å². The van der Waals surface area contributed by atoms with Gasteiger partial charge in [0, 0.05) is 0 Å². The minimum absolute atomic E-state index is 0.119. The van der Waals surface area contributed by atoms with Crippen molar-refractivity contribution in [2.24, 2.45) is 0 Å². The van der Waals surface area contributed by atoms with Crippen molar-refractivity contribution >= 4 is 0 Å². The normalized spacial score (nSPS) is 12.7. The second kappa shape index (κ2) is 4.94. The molecule has 0 fully saturated rings. The summed E-state index contributed by atoms with van der Waals surface area (Å²) < 4.78 is 19.2. The van der Waals surface area contributed by atoms with Crippen LogP contribution in [-0.4, -0.2) is 7.05 Å². The zero-order chi connectivity index (χ0) is 13.3. The summed E-state index contributed by atoms with van der Waals surface area (Å²) in [5.41, 5.74) is 2.90. The molecule has 0 radical (unpaired) electrons. The third-order valence-electron chi connectivity index (χ3n) is 3.16. The molecular weight excluding hydrogens is 229 g/mol. The molecule has 2 nitrogen and oxygen atoms in total. The lowest BCUT2D eigenvalue weighted by molar-refractivity contribution is 0.442. The average molecular weight is 247 g/mol. The van der Waals surface area contributed by atoms with Crippen LogP contribution in [0.5, 0.6) is 0 Å². The summed E-state index contributed by atoms with van der Waals surface area (Å²) in [6.07, 6.45) is 0. The highest BCUT2D eigenvalue weighted by Crippen LogP contribution is 2.26. The van der Waals surface area contributed by atoms with Gasteiger partial charge in [-0.05, 0) is 62.7 Å². The number of benzene rings is 1. The fraction of sp³-hybridized carbons (Fsp3) is 0.333. The minimum Gasteiger partial charge on any atom is -0.464 e. The van der Waals surface area contributed by atoms with Crippen LogP contribution in [0.3, 0.4) is 0 Å². The lowest BCUT2D eigenvalue weighted by Gasteiger charge is -2.15. The van der Waals surface area contributed by atoms with Crippen molar-refractivity contribution in [1.29, 1.82) is 0 Å². The first-order chi connectivity index (χ1) is 8.51. The Bertz CT molecular complexity index is 520. The summed E-state index contributed by atoms with van der Waals surface area (Å²) in [7, 11) is 1.85. The first-order valence-electron chi connectivity index (χ1n) is 6.02. The van der Waals surface area contributed by atoms with E-state index in [4.69, 9.17) is 4.42 Å². The number of aryl methyl sites for hydroxylation is 3. The number of halogens is 1. The van der Waals surface area contributed by atoms with Crippen molar-refractivity contribution in [3.05, 3.63) is 58.3 Å². The van der Waals surface area contributed by atoms with Crippen LogP contribution in [0.25, 0.3) is 0 Å². The molecule has 0 saturated carbocycles. The zero-order valence-corrected chi connectivity index (χ0v) is 11.2. The van der Waals surface area contributed by atoms with E-state index in [0.29, 0.717) is 0 Å². The van der Waals surface area contributed by atoms with Crippen molar-refractivity contribution in [2.75, 3.05) is 7.05 Å². The molecule has 96 valence electrons. The van der Waals surface area contributed by atoms with Crippen LogP contribution in [0.4, 0.5) is 4.39 Å². The molecule has 0 aliphatic carbocycles. The topological polar surface area (TPSA) is 25.2 Å². The Balaban J connectivity index is 2.44. The molecule has 2 aromatic rings. The van der Waals surface area contributed by atoms with Gasteiger partial charge in [-0.15, -0.1) is 0 Å². The number of hydrogen-bond donors (Lipinski definition) is 1. The maximum absolute atomic E-state index is 13.5. The molecule has 1 heterocycles. The predicted molar refractivity (Wildman–Crippen MR) is 70.2 cm³/mol. The van der Waals surface area contributed by atoms with Gasteiger partial charge in [0.2, 0.25) is 0 Å². The summed E-state index contributed by atoms with van der Waals surface area (Å²) >= 11 is 0. The van der Waals surface area contributed by atoms with Gasteiger partial charge in [0.05, 0.1) is 6.04 Å². The smallest absolute Gasteiger partial charge is 0.125 e. The predicted octanol–water partition coefficient (Wildman–Crippen LogP) is 3.65. The van der Waals surface area contributed by atoms with Crippen molar-refractivity contribution in [1.82, 2.24) is 5.32 Å². The van der Waals surface area contributed by atoms with Gasteiger partial charge in [-0.1, -0.05) is 6.07 Å². The summed E-state index contributed by atoms with van der Waals surface area (Å²) in [4.78, 5) is 0. The Morgan fingerprint density at radius 1 is 1.11 bits per heavy atom. The molecule has 1 N–H and O–H groups in total. The largest absolute Gasteiger partial charge is 0.464 e.